The number of carbonyl (C=O) groups is 1. The lowest BCUT2D eigenvalue weighted by Gasteiger charge is -2.11. The van der Waals surface area contributed by atoms with Crippen molar-refractivity contribution in [3.8, 4) is 11.5 Å². The first-order valence-electron chi connectivity index (χ1n) is 8.91. The Hall–Kier alpha value is -3.20. The van der Waals surface area contributed by atoms with E-state index in [1.165, 1.54) is 18.2 Å². The normalized spacial score (nSPS) is 11.3. The summed E-state index contributed by atoms with van der Waals surface area (Å²) in [4.78, 5) is 15.7. The molecule has 3 rings (SSSR count). The number of sulfonamides is 1. The van der Waals surface area contributed by atoms with Crippen molar-refractivity contribution in [2.45, 2.75) is 31.7 Å². The fourth-order valence-electron chi connectivity index (χ4n) is 2.61. The Bertz CT molecular complexity index is 1140. The van der Waals surface area contributed by atoms with Gasteiger partial charge in [0.1, 0.15) is 17.3 Å². The van der Waals surface area contributed by atoms with Crippen LogP contribution in [0.5, 0.6) is 0 Å². The zero-order valence-electron chi connectivity index (χ0n) is 15.9. The number of carbonyl (C=O) groups excluding carboxylic acids is 1. The van der Waals surface area contributed by atoms with Gasteiger partial charge in [0, 0.05) is 6.42 Å². The summed E-state index contributed by atoms with van der Waals surface area (Å²) >= 11 is 0. The Kier molecular flexibility index (Phi) is 5.97. The Labute approximate surface area is 168 Å². The minimum absolute atomic E-state index is 0.114. The van der Waals surface area contributed by atoms with Gasteiger partial charge in [-0.3, -0.25) is 9.52 Å². The third kappa shape index (κ3) is 4.80. The topological polar surface area (TPSA) is 101 Å². The van der Waals surface area contributed by atoms with Crippen LogP contribution < -0.4 is 10.0 Å². The molecule has 0 aliphatic rings. The molecule has 3 aromatic rings. The van der Waals surface area contributed by atoms with Crippen LogP contribution in [0.2, 0.25) is 0 Å². The SMILES string of the molecule is CCC(=O)NCc1nc(-c2ccccc2NS(=O)(=O)c2cccc(F)c2)oc1C. The lowest BCUT2D eigenvalue weighted by atomic mass is 10.2. The van der Waals surface area contributed by atoms with Crippen molar-refractivity contribution in [3.63, 3.8) is 0 Å². The summed E-state index contributed by atoms with van der Waals surface area (Å²) in [6.07, 6.45) is 0.356. The molecule has 1 aromatic heterocycles. The number of hydrogen-bond acceptors (Lipinski definition) is 5. The molecule has 1 amide bonds. The van der Waals surface area contributed by atoms with E-state index in [-0.39, 0.29) is 28.9 Å². The van der Waals surface area contributed by atoms with Gasteiger partial charge >= 0.3 is 0 Å². The highest BCUT2D eigenvalue weighted by atomic mass is 32.2. The van der Waals surface area contributed by atoms with E-state index in [0.29, 0.717) is 23.4 Å². The number of nitrogens with one attached hydrogen (secondary N) is 2. The van der Waals surface area contributed by atoms with Gasteiger partial charge in [-0.1, -0.05) is 25.1 Å². The monoisotopic (exact) mass is 417 g/mol. The zero-order valence-corrected chi connectivity index (χ0v) is 16.7. The smallest absolute Gasteiger partial charge is 0.262 e. The molecule has 29 heavy (non-hydrogen) atoms. The number of benzene rings is 2. The predicted molar refractivity (Wildman–Crippen MR) is 106 cm³/mol. The molecule has 7 nitrogen and oxygen atoms in total. The van der Waals surface area contributed by atoms with Crippen molar-refractivity contribution in [1.82, 2.24) is 10.3 Å². The van der Waals surface area contributed by atoms with Crippen molar-refractivity contribution in [1.29, 1.82) is 0 Å². The van der Waals surface area contributed by atoms with E-state index in [4.69, 9.17) is 4.42 Å². The van der Waals surface area contributed by atoms with E-state index in [0.717, 1.165) is 6.07 Å². The Morgan fingerprint density at radius 1 is 1.17 bits per heavy atom. The number of halogens is 1. The number of aryl methyl sites for hydroxylation is 1. The van der Waals surface area contributed by atoms with Gasteiger partial charge in [0.05, 0.1) is 22.7 Å². The highest BCUT2D eigenvalue weighted by molar-refractivity contribution is 7.92. The van der Waals surface area contributed by atoms with E-state index in [9.17, 15) is 17.6 Å². The van der Waals surface area contributed by atoms with E-state index < -0.39 is 15.8 Å². The number of para-hydroxylation sites is 1. The molecule has 0 fully saturated rings. The van der Waals surface area contributed by atoms with Crippen molar-refractivity contribution < 1.29 is 22.0 Å². The molecule has 9 heteroatoms. The molecule has 0 aliphatic carbocycles. The largest absolute Gasteiger partial charge is 0.441 e. The van der Waals surface area contributed by atoms with Gasteiger partial charge in [-0.05, 0) is 37.3 Å². The van der Waals surface area contributed by atoms with Crippen molar-refractivity contribution in [3.05, 3.63) is 65.8 Å². The molecule has 0 radical (unpaired) electrons. The molecular weight excluding hydrogens is 397 g/mol. The fourth-order valence-corrected chi connectivity index (χ4v) is 3.72. The van der Waals surface area contributed by atoms with Crippen LogP contribution in [0, 0.1) is 12.7 Å². The van der Waals surface area contributed by atoms with Crippen LogP contribution in [0.4, 0.5) is 10.1 Å². The molecule has 0 spiro atoms. The summed E-state index contributed by atoms with van der Waals surface area (Å²) in [6.45, 7) is 3.67. The summed E-state index contributed by atoms with van der Waals surface area (Å²) in [5.74, 6) is -0.0413. The van der Waals surface area contributed by atoms with Crippen molar-refractivity contribution in [2.24, 2.45) is 0 Å². The second kappa shape index (κ2) is 8.44. The molecule has 0 unspecified atom stereocenters. The average Bonchev–Trinajstić information content (AvgIpc) is 3.06. The Balaban J connectivity index is 1.91. The summed E-state index contributed by atoms with van der Waals surface area (Å²) in [5, 5.41) is 2.73. The molecule has 2 aromatic carbocycles. The minimum atomic E-state index is -4.01. The number of amides is 1. The van der Waals surface area contributed by atoms with Crippen molar-refractivity contribution in [2.75, 3.05) is 4.72 Å². The van der Waals surface area contributed by atoms with E-state index in [1.54, 1.807) is 38.1 Å². The first kappa shape index (κ1) is 20.5. The molecule has 0 bridgehead atoms. The number of anilines is 1. The highest BCUT2D eigenvalue weighted by Crippen LogP contribution is 2.30. The standard InChI is InChI=1S/C20H20FN3O4S/c1-3-19(25)22-12-18-13(2)28-20(23-18)16-9-4-5-10-17(16)24-29(26,27)15-8-6-7-14(21)11-15/h4-11,24H,3,12H2,1-2H3,(H,22,25). The van der Waals surface area contributed by atoms with Crippen LogP contribution in [0.1, 0.15) is 24.8 Å². The maximum Gasteiger partial charge on any atom is 0.262 e. The molecule has 1 heterocycles. The summed E-state index contributed by atoms with van der Waals surface area (Å²) < 4.78 is 46.9. The number of nitrogens with zero attached hydrogens (tertiary/aromatic N) is 1. The quantitative estimate of drug-likeness (QED) is 0.611. The molecule has 152 valence electrons. The molecule has 0 saturated carbocycles. The van der Waals surface area contributed by atoms with E-state index >= 15 is 0 Å². The summed E-state index contributed by atoms with van der Waals surface area (Å²) in [6, 6.07) is 11.3. The van der Waals surface area contributed by atoms with Gasteiger partial charge in [0.15, 0.2) is 0 Å². The molecule has 0 saturated heterocycles. The van der Waals surface area contributed by atoms with Gasteiger partial charge in [-0.25, -0.2) is 17.8 Å². The van der Waals surface area contributed by atoms with Gasteiger partial charge < -0.3 is 9.73 Å². The molecular formula is C20H20FN3O4S. The number of rotatable bonds is 7. The summed E-state index contributed by atoms with van der Waals surface area (Å²) in [5.41, 5.74) is 1.20. The van der Waals surface area contributed by atoms with Gasteiger partial charge in [0.2, 0.25) is 11.8 Å². The molecule has 0 atom stereocenters. The van der Waals surface area contributed by atoms with Crippen LogP contribution in [-0.2, 0) is 21.4 Å². The highest BCUT2D eigenvalue weighted by Gasteiger charge is 2.20. The third-order valence-electron chi connectivity index (χ3n) is 4.17. The van der Waals surface area contributed by atoms with E-state index in [2.05, 4.69) is 15.0 Å². The van der Waals surface area contributed by atoms with Gasteiger partial charge in [-0.15, -0.1) is 0 Å². The number of oxazole rings is 1. The van der Waals surface area contributed by atoms with Crippen molar-refractivity contribution >= 4 is 21.6 Å². The average molecular weight is 417 g/mol. The lowest BCUT2D eigenvalue weighted by molar-refractivity contribution is -0.120. The lowest BCUT2D eigenvalue weighted by Crippen LogP contribution is -2.21. The number of hydrogen-bond donors (Lipinski definition) is 2. The van der Waals surface area contributed by atoms with Crippen LogP contribution in [0.3, 0.4) is 0 Å². The fraction of sp³-hybridized carbons (Fsp3) is 0.200. The zero-order chi connectivity index (χ0) is 21.0. The second-order valence-corrected chi connectivity index (χ2v) is 7.94. The predicted octanol–water partition coefficient (Wildman–Crippen LogP) is 3.62. The second-order valence-electron chi connectivity index (χ2n) is 6.26. The molecule has 2 N–H and O–H groups in total. The van der Waals surface area contributed by atoms with Crippen LogP contribution >= 0.6 is 0 Å². The molecule has 0 aliphatic heterocycles. The number of aromatic nitrogens is 1. The Morgan fingerprint density at radius 2 is 1.93 bits per heavy atom. The maximum atomic E-state index is 13.4. The van der Waals surface area contributed by atoms with E-state index in [1.807, 2.05) is 0 Å². The van der Waals surface area contributed by atoms with Crippen LogP contribution in [0.25, 0.3) is 11.5 Å². The maximum absolute atomic E-state index is 13.4. The first-order chi connectivity index (χ1) is 13.8. The van der Waals surface area contributed by atoms with Gasteiger partial charge in [-0.2, -0.15) is 0 Å². The minimum Gasteiger partial charge on any atom is -0.441 e. The summed E-state index contributed by atoms with van der Waals surface area (Å²) in [7, 11) is -4.01. The third-order valence-corrected chi connectivity index (χ3v) is 5.54. The first-order valence-corrected chi connectivity index (χ1v) is 10.4. The van der Waals surface area contributed by atoms with Gasteiger partial charge in [0.25, 0.3) is 10.0 Å². The Morgan fingerprint density at radius 3 is 2.66 bits per heavy atom. The van der Waals surface area contributed by atoms with Crippen LogP contribution in [0.15, 0.2) is 57.8 Å². The van der Waals surface area contributed by atoms with Crippen LogP contribution in [-0.4, -0.2) is 19.3 Å².